The SMILES string of the molecule is Cc1cc(-c2[nH]nc3ncc(-c4ccc(N5CCN(CCc6ccc([C@@H]7[Si]CCC(=O)NC7=O)cc6)CC5)cn4)cc23)ccc1[C@@H](C)NC(=O)c1noc(C(C)(C)C)n1. The van der Waals surface area contributed by atoms with E-state index in [1.807, 2.05) is 71.3 Å². The van der Waals surface area contributed by atoms with Crippen LogP contribution in [0.5, 0.6) is 0 Å². The second-order valence-corrected chi connectivity index (χ2v) is 17.9. The van der Waals surface area contributed by atoms with E-state index in [4.69, 9.17) is 9.51 Å². The van der Waals surface area contributed by atoms with E-state index in [2.05, 4.69) is 82.2 Å². The first-order valence-electron chi connectivity index (χ1n) is 20.1. The topological polar surface area (TPSA) is 175 Å². The lowest BCUT2D eigenvalue weighted by molar-refractivity contribution is -0.129. The number of hydrogen-bond acceptors (Lipinski definition) is 11. The van der Waals surface area contributed by atoms with Gasteiger partial charge in [-0.1, -0.05) is 68.4 Å². The third-order valence-corrected chi connectivity index (χ3v) is 12.6. The monoisotopic (exact) mass is 808 g/mol. The molecule has 6 aromatic rings. The molecule has 2 radical (unpaired) electrons. The predicted molar refractivity (Wildman–Crippen MR) is 226 cm³/mol. The number of imide groups is 1. The number of carbonyl (C=O) groups is 3. The second kappa shape index (κ2) is 16.7. The molecule has 0 spiro atoms. The molecule has 2 fully saturated rings. The first-order chi connectivity index (χ1) is 28.4. The van der Waals surface area contributed by atoms with Gasteiger partial charge in [0, 0.05) is 67.3 Å². The maximum Gasteiger partial charge on any atom is 0.293 e. The number of rotatable bonds is 10. The summed E-state index contributed by atoms with van der Waals surface area (Å²) in [6.45, 7) is 14.6. The lowest BCUT2D eigenvalue weighted by atomic mass is 9.97. The van der Waals surface area contributed by atoms with Crippen LogP contribution in [0, 0.1) is 6.92 Å². The van der Waals surface area contributed by atoms with Gasteiger partial charge in [-0.3, -0.25) is 34.7 Å². The van der Waals surface area contributed by atoms with Crippen LogP contribution in [-0.2, 0) is 21.4 Å². The van der Waals surface area contributed by atoms with Crippen LogP contribution in [0.2, 0.25) is 6.04 Å². The fourth-order valence-electron chi connectivity index (χ4n) is 7.64. The molecule has 4 aromatic heterocycles. The highest BCUT2D eigenvalue weighted by Crippen LogP contribution is 2.32. The molecule has 3 N–H and O–H groups in total. The van der Waals surface area contributed by atoms with E-state index in [1.165, 1.54) is 5.56 Å². The summed E-state index contributed by atoms with van der Waals surface area (Å²) in [5, 5.41) is 18.0. The number of nitrogens with one attached hydrogen (secondary N) is 3. The van der Waals surface area contributed by atoms with E-state index in [1.54, 1.807) is 0 Å². The third-order valence-electron chi connectivity index (χ3n) is 11.1. The van der Waals surface area contributed by atoms with Gasteiger partial charge in [-0.05, 0) is 66.8 Å². The number of anilines is 1. The number of aromatic amines is 1. The lowest BCUT2D eigenvalue weighted by Gasteiger charge is -2.36. The third kappa shape index (κ3) is 8.86. The minimum absolute atomic E-state index is 0.0170. The Labute approximate surface area is 345 Å². The summed E-state index contributed by atoms with van der Waals surface area (Å²) in [5.41, 5.74) is 8.91. The Balaban J connectivity index is 0.862. The zero-order valence-corrected chi connectivity index (χ0v) is 35.0. The number of fused-ring (bicyclic) bond motifs is 1. The molecular weight excluding hydrogens is 761 g/mol. The van der Waals surface area contributed by atoms with Gasteiger partial charge in [-0.2, -0.15) is 10.1 Å². The number of aryl methyl sites for hydroxylation is 1. The van der Waals surface area contributed by atoms with Crippen LogP contribution in [0.1, 0.15) is 84.5 Å². The van der Waals surface area contributed by atoms with Crippen molar-refractivity contribution in [3.05, 3.63) is 107 Å². The Morgan fingerprint density at radius 2 is 1.78 bits per heavy atom. The molecule has 302 valence electrons. The Morgan fingerprint density at radius 1 is 0.983 bits per heavy atom. The molecular formula is C44H48N10O4Si. The van der Waals surface area contributed by atoms with Gasteiger partial charge in [0.25, 0.3) is 11.7 Å². The maximum absolute atomic E-state index is 12.9. The van der Waals surface area contributed by atoms with Gasteiger partial charge in [-0.15, -0.1) is 0 Å². The number of carbonyl (C=O) groups excluding carboxylic acids is 3. The highest BCUT2D eigenvalue weighted by Gasteiger charge is 2.27. The summed E-state index contributed by atoms with van der Waals surface area (Å²) in [5.74, 6) is -0.303. The van der Waals surface area contributed by atoms with Crippen LogP contribution in [0.15, 0.2) is 77.6 Å². The zero-order chi connectivity index (χ0) is 41.3. The summed E-state index contributed by atoms with van der Waals surface area (Å²) in [7, 11) is 0.425. The van der Waals surface area contributed by atoms with Crippen molar-refractivity contribution in [2.24, 2.45) is 0 Å². The molecule has 15 heteroatoms. The Hall–Kier alpha value is -6.06. The summed E-state index contributed by atoms with van der Waals surface area (Å²) in [6.07, 6.45) is 5.12. The van der Waals surface area contributed by atoms with Gasteiger partial charge in [0.2, 0.25) is 17.7 Å². The van der Waals surface area contributed by atoms with Crippen molar-refractivity contribution in [2.75, 3.05) is 37.6 Å². The Morgan fingerprint density at radius 3 is 2.49 bits per heavy atom. The number of benzene rings is 2. The van der Waals surface area contributed by atoms with Gasteiger partial charge in [0.1, 0.15) is 0 Å². The number of pyridine rings is 2. The van der Waals surface area contributed by atoms with Crippen LogP contribution >= 0.6 is 0 Å². The first-order valence-corrected chi connectivity index (χ1v) is 21.4. The van der Waals surface area contributed by atoms with Gasteiger partial charge >= 0.3 is 0 Å². The van der Waals surface area contributed by atoms with E-state index >= 15 is 0 Å². The van der Waals surface area contributed by atoms with E-state index in [9.17, 15) is 14.4 Å². The number of aromatic nitrogens is 6. The molecule has 2 aromatic carbocycles. The first kappa shape index (κ1) is 39.7. The highest BCUT2D eigenvalue weighted by atomic mass is 28.2. The van der Waals surface area contributed by atoms with Crippen molar-refractivity contribution >= 4 is 44.0 Å². The predicted octanol–water partition coefficient (Wildman–Crippen LogP) is 5.74. The minimum Gasteiger partial charge on any atom is -0.368 e. The Bertz CT molecular complexity index is 2480. The molecule has 0 saturated carbocycles. The second-order valence-electron chi connectivity index (χ2n) is 16.4. The van der Waals surface area contributed by atoms with Crippen LogP contribution in [-0.4, -0.2) is 95.2 Å². The van der Waals surface area contributed by atoms with E-state index in [0.29, 0.717) is 27.5 Å². The molecule has 8 rings (SSSR count). The molecule has 2 aliphatic heterocycles. The van der Waals surface area contributed by atoms with Crippen LogP contribution in [0.25, 0.3) is 33.5 Å². The molecule has 6 heterocycles. The van der Waals surface area contributed by atoms with Crippen LogP contribution < -0.4 is 15.5 Å². The zero-order valence-electron chi connectivity index (χ0n) is 34.0. The number of piperazine rings is 1. The summed E-state index contributed by atoms with van der Waals surface area (Å²) in [4.78, 5) is 55.8. The largest absolute Gasteiger partial charge is 0.368 e. The van der Waals surface area contributed by atoms with Crippen molar-refractivity contribution in [1.82, 2.24) is 45.8 Å². The number of nitrogens with zero attached hydrogens (tertiary/aromatic N) is 7. The van der Waals surface area contributed by atoms with Gasteiger partial charge < -0.3 is 14.7 Å². The van der Waals surface area contributed by atoms with Gasteiger partial charge in [0.05, 0.1) is 44.4 Å². The fourth-order valence-corrected chi connectivity index (χ4v) is 8.98. The van der Waals surface area contributed by atoms with Crippen molar-refractivity contribution < 1.29 is 18.9 Å². The molecule has 59 heavy (non-hydrogen) atoms. The number of hydrogen-bond donors (Lipinski definition) is 3. The molecule has 14 nitrogen and oxygen atoms in total. The quantitative estimate of drug-likeness (QED) is 0.114. The van der Waals surface area contributed by atoms with Crippen LogP contribution in [0.3, 0.4) is 0 Å². The molecule has 2 saturated heterocycles. The van der Waals surface area contributed by atoms with E-state index < -0.39 is 0 Å². The fraction of sp³-hybridized carbons (Fsp3) is 0.364. The Kier molecular flexibility index (Phi) is 11.2. The molecule has 0 aliphatic carbocycles. The molecule has 0 unspecified atom stereocenters. The molecule has 3 amide bonds. The van der Waals surface area contributed by atoms with E-state index in [-0.39, 0.29) is 40.5 Å². The summed E-state index contributed by atoms with van der Waals surface area (Å²) in [6, 6.07) is 21.2. The summed E-state index contributed by atoms with van der Waals surface area (Å²) < 4.78 is 5.31. The van der Waals surface area contributed by atoms with Crippen molar-refractivity contribution in [3.63, 3.8) is 0 Å². The van der Waals surface area contributed by atoms with Crippen molar-refractivity contribution in [3.8, 4) is 22.5 Å². The molecule has 2 atom stereocenters. The van der Waals surface area contributed by atoms with Crippen LogP contribution in [0.4, 0.5) is 5.69 Å². The van der Waals surface area contributed by atoms with Gasteiger partial charge in [-0.25, -0.2) is 4.98 Å². The average Bonchev–Trinajstić information content (AvgIpc) is 3.87. The number of amides is 3. The summed E-state index contributed by atoms with van der Waals surface area (Å²) >= 11 is 0. The van der Waals surface area contributed by atoms with Crippen molar-refractivity contribution in [1.29, 1.82) is 0 Å². The lowest BCUT2D eigenvalue weighted by Crippen LogP contribution is -2.47. The normalized spacial score (nSPS) is 17.2. The molecule has 0 bridgehead atoms. The van der Waals surface area contributed by atoms with E-state index in [0.717, 1.165) is 95.5 Å². The standard InChI is InChI=1S/C44H48N10O4Si/c1-26-22-30(10-12-33(26)27(2)47-42(57)40-49-43(58-52-40)44(3,4)5)37-34-23-31(24-46-39(34)51-50-37)35-13-11-32(25-45-35)54-19-17-53(18-20-54)16-14-28-6-8-29(9-7-28)38-41(56)48-36(55)15-21-59-38/h6-13,22-25,27,38H,14-21H2,1-5H3,(H,47,57)(H,46,50,51)(H,48,55,56)/t27-,38+/m1/s1. The highest BCUT2D eigenvalue weighted by molar-refractivity contribution is 6.46. The smallest absolute Gasteiger partial charge is 0.293 e. The van der Waals surface area contributed by atoms with Gasteiger partial charge in [0.15, 0.2) is 5.65 Å². The maximum atomic E-state index is 12.9. The molecule has 2 aliphatic rings. The van der Waals surface area contributed by atoms with Crippen molar-refractivity contribution in [2.45, 2.75) is 70.5 Å². The average molecular weight is 809 g/mol. The number of H-pyrrole nitrogens is 1. The minimum atomic E-state index is -0.390.